The maximum Gasteiger partial charge on any atom is 0.115 e. The summed E-state index contributed by atoms with van der Waals surface area (Å²) in [6.45, 7) is 11.0. The lowest BCUT2D eigenvalue weighted by atomic mass is 9.79. The predicted octanol–water partition coefficient (Wildman–Crippen LogP) is 5.52. The van der Waals surface area contributed by atoms with Crippen LogP contribution in [0.15, 0.2) is 54.7 Å². The molecule has 3 atom stereocenters. The monoisotopic (exact) mass is 515 g/mol. The molecule has 2 aliphatic heterocycles. The molecule has 5 rings (SSSR count). The number of nitrogens with one attached hydrogen (secondary N) is 1. The predicted molar refractivity (Wildman–Crippen MR) is 158 cm³/mol. The van der Waals surface area contributed by atoms with Crippen molar-refractivity contribution >= 4 is 16.6 Å². The van der Waals surface area contributed by atoms with E-state index < -0.39 is 0 Å². The van der Waals surface area contributed by atoms with Crippen LogP contribution in [0, 0.1) is 0 Å². The van der Waals surface area contributed by atoms with Crippen molar-refractivity contribution < 1.29 is 5.11 Å². The first kappa shape index (κ1) is 26.9. The van der Waals surface area contributed by atoms with E-state index in [2.05, 4.69) is 91.4 Å². The zero-order valence-corrected chi connectivity index (χ0v) is 23.8. The molecule has 2 N–H and O–H groups in total. The third kappa shape index (κ3) is 5.40. The molecule has 0 saturated carbocycles. The summed E-state index contributed by atoms with van der Waals surface area (Å²) in [5.41, 5.74) is 4.79. The third-order valence-electron chi connectivity index (χ3n) is 8.86. The Labute approximate surface area is 228 Å². The Kier molecular flexibility index (Phi) is 7.94. The summed E-state index contributed by atoms with van der Waals surface area (Å²) in [6, 6.07) is 18.4. The van der Waals surface area contributed by atoms with Crippen molar-refractivity contribution in [2.75, 3.05) is 45.2 Å². The van der Waals surface area contributed by atoms with Crippen LogP contribution in [0.3, 0.4) is 0 Å². The number of hydrogen-bond donors (Lipinski definition) is 2. The van der Waals surface area contributed by atoms with Gasteiger partial charge in [-0.1, -0.05) is 31.5 Å². The fourth-order valence-electron chi connectivity index (χ4n) is 6.89. The second-order valence-corrected chi connectivity index (χ2v) is 11.8. The number of hydrogen-bond acceptors (Lipinski definition) is 6. The van der Waals surface area contributed by atoms with Gasteiger partial charge in [-0.25, -0.2) is 0 Å². The van der Waals surface area contributed by atoms with E-state index in [9.17, 15) is 5.11 Å². The summed E-state index contributed by atoms with van der Waals surface area (Å²) >= 11 is 0. The van der Waals surface area contributed by atoms with E-state index in [1.54, 1.807) is 6.07 Å². The van der Waals surface area contributed by atoms with E-state index in [-0.39, 0.29) is 5.54 Å². The number of aromatic hydroxyl groups is 1. The van der Waals surface area contributed by atoms with Crippen molar-refractivity contribution in [3.8, 4) is 5.75 Å². The highest BCUT2D eigenvalue weighted by Crippen LogP contribution is 2.40. The molecule has 0 radical (unpaired) electrons. The molecule has 1 aromatic heterocycles. The molecular weight excluding hydrogens is 470 g/mol. The number of phenolic OH excluding ortho intramolecular Hbond substituents is 1. The van der Waals surface area contributed by atoms with Gasteiger partial charge in [-0.2, -0.15) is 0 Å². The zero-order chi connectivity index (χ0) is 26.9. The first-order chi connectivity index (χ1) is 18.3. The second-order valence-electron chi connectivity index (χ2n) is 11.8. The topological polar surface area (TPSA) is 54.9 Å². The molecule has 0 amide bonds. The maximum atomic E-state index is 10.1. The quantitative estimate of drug-likeness (QED) is 0.432. The lowest BCUT2D eigenvalue weighted by Crippen LogP contribution is -2.55. The van der Waals surface area contributed by atoms with E-state index in [1.165, 1.54) is 28.6 Å². The van der Waals surface area contributed by atoms with Crippen molar-refractivity contribution in [2.24, 2.45) is 0 Å². The van der Waals surface area contributed by atoms with Gasteiger partial charge in [0.15, 0.2) is 0 Å². The van der Waals surface area contributed by atoms with Gasteiger partial charge < -0.3 is 15.3 Å². The average molecular weight is 516 g/mol. The Morgan fingerprint density at radius 1 is 1.05 bits per heavy atom. The molecule has 6 nitrogen and oxygen atoms in total. The van der Waals surface area contributed by atoms with Crippen molar-refractivity contribution in [3.05, 3.63) is 65.9 Å². The summed E-state index contributed by atoms with van der Waals surface area (Å²) in [5, 5.41) is 15.0. The number of rotatable bonds is 7. The Morgan fingerprint density at radius 2 is 1.79 bits per heavy atom. The molecule has 38 heavy (non-hydrogen) atoms. The SMILES string of the molecule is CCCC(c1cnc2cc(N3CCC(c4cccc(O)c4)(N(C)C)CC3)ccc2c1)N1C[C@@H](C)N[C@@H](C)C1. The molecule has 0 aliphatic carbocycles. The van der Waals surface area contributed by atoms with Crippen LogP contribution in [0.1, 0.15) is 63.6 Å². The number of fused-ring (bicyclic) bond motifs is 1. The molecule has 3 heterocycles. The molecular formula is C32H45N5O. The third-order valence-corrected chi connectivity index (χ3v) is 8.86. The highest BCUT2D eigenvalue weighted by atomic mass is 16.3. The van der Waals surface area contributed by atoms with E-state index >= 15 is 0 Å². The molecule has 1 unspecified atom stereocenters. The second kappa shape index (κ2) is 11.2. The van der Waals surface area contributed by atoms with Crippen LogP contribution in [0.25, 0.3) is 10.9 Å². The Balaban J connectivity index is 1.34. The largest absolute Gasteiger partial charge is 0.508 e. The Morgan fingerprint density at radius 3 is 2.45 bits per heavy atom. The Hall–Kier alpha value is -2.67. The summed E-state index contributed by atoms with van der Waals surface area (Å²) in [6.07, 6.45) is 6.47. The number of piperidine rings is 1. The molecule has 6 heteroatoms. The van der Waals surface area contributed by atoms with Gasteiger partial charge in [0.1, 0.15) is 5.75 Å². The number of aromatic nitrogens is 1. The molecule has 3 aromatic rings. The maximum absolute atomic E-state index is 10.1. The van der Waals surface area contributed by atoms with Gasteiger partial charge in [0.05, 0.1) is 5.52 Å². The van der Waals surface area contributed by atoms with E-state index in [1.807, 2.05) is 12.1 Å². The summed E-state index contributed by atoms with van der Waals surface area (Å²) < 4.78 is 0. The van der Waals surface area contributed by atoms with Crippen molar-refractivity contribution in [2.45, 2.75) is 70.1 Å². The minimum atomic E-state index is -0.0630. The first-order valence-corrected chi connectivity index (χ1v) is 14.4. The standard InChI is InChI=1S/C32H45N5O/c1-6-8-31(37-21-23(2)34-24(3)22-37)26-17-25-11-12-28(19-30(25)33-20-26)36-15-13-32(14-16-36,35(4)5)27-9-7-10-29(38)18-27/h7,9-12,17-20,23-24,31,34,38H,6,8,13-16,21-22H2,1-5H3/t23-,24+,31?. The van der Waals surface area contributed by atoms with Crippen LogP contribution in [0.5, 0.6) is 5.75 Å². The number of piperazine rings is 1. The summed E-state index contributed by atoms with van der Waals surface area (Å²) in [5.74, 6) is 0.341. The zero-order valence-electron chi connectivity index (χ0n) is 23.8. The van der Waals surface area contributed by atoms with Gasteiger partial charge in [-0.15, -0.1) is 0 Å². The van der Waals surface area contributed by atoms with E-state index in [0.717, 1.165) is 51.0 Å². The fourth-order valence-corrected chi connectivity index (χ4v) is 6.89. The highest BCUT2D eigenvalue weighted by molar-refractivity contribution is 5.83. The van der Waals surface area contributed by atoms with Gasteiger partial charge in [0, 0.05) is 67.1 Å². The molecule has 2 aliphatic rings. The first-order valence-electron chi connectivity index (χ1n) is 14.4. The number of phenols is 1. The minimum Gasteiger partial charge on any atom is -0.508 e. The van der Waals surface area contributed by atoms with Crippen LogP contribution in [0.2, 0.25) is 0 Å². The van der Waals surface area contributed by atoms with Gasteiger partial charge in [0.2, 0.25) is 0 Å². The highest BCUT2D eigenvalue weighted by Gasteiger charge is 2.38. The molecule has 2 fully saturated rings. The molecule has 204 valence electrons. The van der Waals surface area contributed by atoms with Crippen LogP contribution in [-0.4, -0.2) is 72.2 Å². The normalized spacial score (nSPS) is 23.2. The number of nitrogens with zero attached hydrogens (tertiary/aromatic N) is 4. The summed E-state index contributed by atoms with van der Waals surface area (Å²) in [7, 11) is 4.32. The van der Waals surface area contributed by atoms with Crippen LogP contribution in [-0.2, 0) is 5.54 Å². The number of pyridine rings is 1. The average Bonchev–Trinajstić information content (AvgIpc) is 2.90. The van der Waals surface area contributed by atoms with Crippen LogP contribution in [0.4, 0.5) is 5.69 Å². The molecule has 2 aromatic carbocycles. The fraction of sp³-hybridized carbons (Fsp3) is 0.531. The molecule has 2 saturated heterocycles. The number of anilines is 1. The molecule has 0 spiro atoms. The van der Waals surface area contributed by atoms with E-state index in [4.69, 9.17) is 4.98 Å². The van der Waals surface area contributed by atoms with Gasteiger partial charge in [-0.3, -0.25) is 14.8 Å². The molecule has 0 bridgehead atoms. The van der Waals surface area contributed by atoms with E-state index in [0.29, 0.717) is 23.9 Å². The Bertz CT molecular complexity index is 1230. The smallest absolute Gasteiger partial charge is 0.115 e. The minimum absolute atomic E-state index is 0.0630. The number of benzene rings is 2. The van der Waals surface area contributed by atoms with Crippen LogP contribution >= 0.6 is 0 Å². The van der Waals surface area contributed by atoms with Crippen molar-refractivity contribution in [1.82, 2.24) is 20.1 Å². The van der Waals surface area contributed by atoms with Gasteiger partial charge in [0.25, 0.3) is 0 Å². The lowest BCUT2D eigenvalue weighted by molar-refractivity contribution is 0.115. The van der Waals surface area contributed by atoms with Gasteiger partial charge >= 0.3 is 0 Å². The van der Waals surface area contributed by atoms with Crippen molar-refractivity contribution in [1.29, 1.82) is 0 Å². The summed E-state index contributed by atoms with van der Waals surface area (Å²) in [4.78, 5) is 12.5. The van der Waals surface area contributed by atoms with Crippen LogP contribution < -0.4 is 10.2 Å². The van der Waals surface area contributed by atoms with Crippen molar-refractivity contribution in [3.63, 3.8) is 0 Å². The van der Waals surface area contributed by atoms with Gasteiger partial charge in [-0.05, 0) is 88.7 Å². The lowest BCUT2D eigenvalue weighted by Gasteiger charge is -2.47.